The summed E-state index contributed by atoms with van der Waals surface area (Å²) in [4.78, 5) is 24.8. The largest absolute Gasteiger partial charge is 0.481 e. The van der Waals surface area contributed by atoms with E-state index in [0.29, 0.717) is 12.4 Å². The van der Waals surface area contributed by atoms with Gasteiger partial charge in [0, 0.05) is 12.6 Å². The SMILES string of the molecule is O=C(O)CC1(CNc2ncc([N+](=O)[O-])cc2Cl)CCC1. The van der Waals surface area contributed by atoms with Gasteiger partial charge in [0.05, 0.1) is 16.4 Å². The molecule has 1 heterocycles. The fourth-order valence-corrected chi connectivity index (χ4v) is 2.57. The Bertz CT molecular complexity index is 546. The lowest BCUT2D eigenvalue weighted by Crippen LogP contribution is -2.38. The third kappa shape index (κ3) is 3.16. The predicted octanol–water partition coefficient (Wildman–Crippen LogP) is 2.70. The predicted molar refractivity (Wildman–Crippen MR) is 72.9 cm³/mol. The molecule has 108 valence electrons. The molecule has 0 unspecified atom stereocenters. The van der Waals surface area contributed by atoms with E-state index in [1.54, 1.807) is 0 Å². The van der Waals surface area contributed by atoms with E-state index in [9.17, 15) is 14.9 Å². The first-order valence-electron chi connectivity index (χ1n) is 6.17. The Morgan fingerprint density at radius 2 is 2.30 bits per heavy atom. The number of anilines is 1. The monoisotopic (exact) mass is 299 g/mol. The average molecular weight is 300 g/mol. The number of nitro groups is 1. The van der Waals surface area contributed by atoms with Crippen LogP contribution in [0.25, 0.3) is 0 Å². The molecule has 1 saturated carbocycles. The molecule has 8 heteroatoms. The summed E-state index contributed by atoms with van der Waals surface area (Å²) in [5, 5.41) is 22.7. The summed E-state index contributed by atoms with van der Waals surface area (Å²) in [6.07, 6.45) is 3.92. The van der Waals surface area contributed by atoms with Crippen LogP contribution in [0.5, 0.6) is 0 Å². The number of aromatic nitrogens is 1. The fraction of sp³-hybridized carbons (Fsp3) is 0.500. The molecule has 0 bridgehead atoms. The lowest BCUT2D eigenvalue weighted by atomic mass is 9.66. The lowest BCUT2D eigenvalue weighted by molar-refractivity contribution is -0.385. The summed E-state index contributed by atoms with van der Waals surface area (Å²) < 4.78 is 0. The molecule has 2 N–H and O–H groups in total. The maximum atomic E-state index is 10.9. The normalized spacial score (nSPS) is 16.2. The van der Waals surface area contributed by atoms with E-state index in [2.05, 4.69) is 10.3 Å². The third-order valence-corrected chi connectivity index (χ3v) is 3.90. The molecule has 1 aromatic rings. The van der Waals surface area contributed by atoms with Gasteiger partial charge in [0.2, 0.25) is 0 Å². The highest BCUT2D eigenvalue weighted by atomic mass is 35.5. The molecule has 20 heavy (non-hydrogen) atoms. The van der Waals surface area contributed by atoms with Crippen LogP contribution in [0.2, 0.25) is 5.02 Å². The Morgan fingerprint density at radius 3 is 2.75 bits per heavy atom. The van der Waals surface area contributed by atoms with Crippen molar-refractivity contribution in [1.29, 1.82) is 0 Å². The second kappa shape index (κ2) is 5.62. The summed E-state index contributed by atoms with van der Waals surface area (Å²) in [7, 11) is 0. The van der Waals surface area contributed by atoms with Crippen molar-refractivity contribution >= 4 is 29.1 Å². The molecule has 2 rings (SSSR count). The van der Waals surface area contributed by atoms with Crippen molar-refractivity contribution in [2.45, 2.75) is 25.7 Å². The quantitative estimate of drug-likeness (QED) is 0.618. The highest BCUT2D eigenvalue weighted by Gasteiger charge is 2.39. The number of nitrogens with zero attached hydrogens (tertiary/aromatic N) is 2. The van der Waals surface area contributed by atoms with Crippen molar-refractivity contribution in [2.75, 3.05) is 11.9 Å². The number of aliphatic carboxylic acids is 1. The molecule has 0 saturated heterocycles. The van der Waals surface area contributed by atoms with Gasteiger partial charge >= 0.3 is 5.97 Å². The fourth-order valence-electron chi connectivity index (χ4n) is 2.34. The van der Waals surface area contributed by atoms with Crippen molar-refractivity contribution in [3.8, 4) is 0 Å². The number of carboxylic acids is 1. The van der Waals surface area contributed by atoms with E-state index >= 15 is 0 Å². The molecule has 0 radical (unpaired) electrons. The van der Waals surface area contributed by atoms with Crippen LogP contribution in [0, 0.1) is 15.5 Å². The minimum atomic E-state index is -0.825. The van der Waals surface area contributed by atoms with Crippen LogP contribution in [0.15, 0.2) is 12.3 Å². The number of carboxylic acid groups (broad SMARTS) is 1. The molecule has 1 fully saturated rings. The van der Waals surface area contributed by atoms with E-state index in [-0.39, 0.29) is 22.5 Å². The van der Waals surface area contributed by atoms with Crippen LogP contribution in [0.1, 0.15) is 25.7 Å². The van der Waals surface area contributed by atoms with Crippen LogP contribution in [-0.2, 0) is 4.79 Å². The minimum Gasteiger partial charge on any atom is -0.481 e. The van der Waals surface area contributed by atoms with Crippen LogP contribution < -0.4 is 5.32 Å². The van der Waals surface area contributed by atoms with Crippen LogP contribution in [-0.4, -0.2) is 27.5 Å². The topological polar surface area (TPSA) is 105 Å². The zero-order valence-corrected chi connectivity index (χ0v) is 11.4. The first kappa shape index (κ1) is 14.5. The maximum absolute atomic E-state index is 10.9. The van der Waals surface area contributed by atoms with Crippen molar-refractivity contribution < 1.29 is 14.8 Å². The highest BCUT2D eigenvalue weighted by molar-refractivity contribution is 6.33. The Labute approximate surface area is 120 Å². The number of hydrogen-bond donors (Lipinski definition) is 2. The molecule has 1 aliphatic carbocycles. The van der Waals surface area contributed by atoms with Gasteiger partial charge in [-0.05, 0) is 18.3 Å². The lowest BCUT2D eigenvalue weighted by Gasteiger charge is -2.41. The van der Waals surface area contributed by atoms with E-state index in [4.69, 9.17) is 16.7 Å². The first-order chi connectivity index (χ1) is 9.42. The highest BCUT2D eigenvalue weighted by Crippen LogP contribution is 2.44. The van der Waals surface area contributed by atoms with Gasteiger partial charge in [0.1, 0.15) is 12.0 Å². The summed E-state index contributed by atoms with van der Waals surface area (Å²) in [5.41, 5.74) is -0.442. The van der Waals surface area contributed by atoms with E-state index in [1.807, 2.05) is 0 Å². The maximum Gasteiger partial charge on any atom is 0.303 e. The first-order valence-corrected chi connectivity index (χ1v) is 6.55. The Morgan fingerprint density at radius 1 is 1.60 bits per heavy atom. The van der Waals surface area contributed by atoms with Crippen LogP contribution in [0.3, 0.4) is 0 Å². The van der Waals surface area contributed by atoms with Gasteiger partial charge in [-0.25, -0.2) is 4.98 Å². The van der Waals surface area contributed by atoms with E-state index < -0.39 is 10.9 Å². The van der Waals surface area contributed by atoms with Gasteiger partial charge in [0.15, 0.2) is 0 Å². The van der Waals surface area contributed by atoms with Gasteiger partial charge in [-0.3, -0.25) is 14.9 Å². The second-order valence-electron chi connectivity index (χ2n) is 5.06. The number of pyridine rings is 1. The molecule has 0 spiro atoms. The smallest absolute Gasteiger partial charge is 0.303 e. The Balaban J connectivity index is 2.03. The molecule has 7 nitrogen and oxygen atoms in total. The number of rotatable bonds is 6. The Hall–Kier alpha value is -1.89. The summed E-state index contributed by atoms with van der Waals surface area (Å²) in [6, 6.07) is 1.22. The zero-order valence-electron chi connectivity index (χ0n) is 10.6. The molecule has 0 aliphatic heterocycles. The van der Waals surface area contributed by atoms with Crippen LogP contribution >= 0.6 is 11.6 Å². The van der Waals surface area contributed by atoms with E-state index in [1.165, 1.54) is 6.07 Å². The van der Waals surface area contributed by atoms with Crippen molar-refractivity contribution in [2.24, 2.45) is 5.41 Å². The second-order valence-corrected chi connectivity index (χ2v) is 5.47. The molecule has 0 aromatic carbocycles. The number of halogens is 1. The summed E-state index contributed by atoms with van der Waals surface area (Å²) in [6.45, 7) is 0.448. The Kier molecular flexibility index (Phi) is 4.08. The van der Waals surface area contributed by atoms with Gasteiger partial charge in [0.25, 0.3) is 5.69 Å². The summed E-state index contributed by atoms with van der Waals surface area (Å²) >= 11 is 5.92. The zero-order chi connectivity index (χ0) is 14.8. The van der Waals surface area contributed by atoms with Gasteiger partial charge in [-0.2, -0.15) is 0 Å². The minimum absolute atomic E-state index is 0.102. The van der Waals surface area contributed by atoms with Crippen LogP contribution in [0.4, 0.5) is 11.5 Å². The number of hydrogen-bond acceptors (Lipinski definition) is 5. The molecule has 0 atom stereocenters. The van der Waals surface area contributed by atoms with Gasteiger partial charge < -0.3 is 10.4 Å². The van der Waals surface area contributed by atoms with Crippen molar-refractivity contribution in [3.63, 3.8) is 0 Å². The third-order valence-electron chi connectivity index (χ3n) is 3.61. The van der Waals surface area contributed by atoms with Gasteiger partial charge in [-0.15, -0.1) is 0 Å². The van der Waals surface area contributed by atoms with Crippen molar-refractivity contribution in [3.05, 3.63) is 27.4 Å². The molecule has 1 aliphatic rings. The average Bonchev–Trinajstić information content (AvgIpc) is 2.33. The van der Waals surface area contributed by atoms with Gasteiger partial charge in [-0.1, -0.05) is 18.0 Å². The standard InChI is InChI=1S/C12H14ClN3O4/c13-9-4-8(16(19)20)6-14-11(9)15-7-12(2-1-3-12)5-10(17)18/h4,6H,1-3,5,7H2,(H,14,15)(H,17,18). The molecular formula is C12H14ClN3O4. The molecular weight excluding hydrogens is 286 g/mol. The number of carbonyl (C=O) groups is 1. The summed E-state index contributed by atoms with van der Waals surface area (Å²) in [5.74, 6) is -0.483. The van der Waals surface area contributed by atoms with Crippen molar-refractivity contribution in [1.82, 2.24) is 4.98 Å². The molecule has 1 aromatic heterocycles. The molecule has 0 amide bonds. The number of nitrogens with one attached hydrogen (secondary N) is 1. The van der Waals surface area contributed by atoms with E-state index in [0.717, 1.165) is 25.5 Å².